The van der Waals surface area contributed by atoms with Crippen molar-refractivity contribution in [2.75, 3.05) is 13.7 Å². The minimum Gasteiger partial charge on any atom is -0.300 e. The number of nitrogens with one attached hydrogen (secondary N) is 1. The van der Waals surface area contributed by atoms with Crippen LogP contribution in [0.25, 0.3) is 0 Å². The lowest BCUT2D eigenvalue weighted by Gasteiger charge is -2.28. The third-order valence-corrected chi connectivity index (χ3v) is 4.45. The second-order valence-electron chi connectivity index (χ2n) is 4.04. The lowest BCUT2D eigenvalue weighted by molar-refractivity contribution is -0.121. The molecule has 5 unspecified atom stereocenters. The Morgan fingerprint density at radius 2 is 2.31 bits per heavy atom. The van der Waals surface area contributed by atoms with E-state index in [9.17, 15) is 9.00 Å². The molecule has 0 aromatic rings. The van der Waals surface area contributed by atoms with E-state index in [1.54, 1.807) is 6.92 Å². The van der Waals surface area contributed by atoms with Crippen molar-refractivity contribution in [3.63, 3.8) is 0 Å². The molecule has 1 N–H and O–H groups in total. The summed E-state index contributed by atoms with van der Waals surface area (Å²) in [7, 11) is 4.02. The predicted octanol–water partition coefficient (Wildman–Crippen LogP) is 0.259. The normalized spacial score (nSPS) is 30.2. The molecular weight excluding hydrogens is 247 g/mol. The van der Waals surface area contributed by atoms with Gasteiger partial charge in [0, 0.05) is 24.5 Å². The molecule has 1 fully saturated rings. The van der Waals surface area contributed by atoms with Gasteiger partial charge in [0.15, 0.2) is 0 Å². The summed E-state index contributed by atoms with van der Waals surface area (Å²) in [5, 5.41) is 0. The van der Waals surface area contributed by atoms with Gasteiger partial charge < -0.3 is 0 Å². The van der Waals surface area contributed by atoms with E-state index < -0.39 is 11.3 Å². The number of rotatable bonds is 5. The van der Waals surface area contributed by atoms with Crippen LogP contribution in [0.15, 0.2) is 0 Å². The van der Waals surface area contributed by atoms with Crippen LogP contribution in [0.4, 0.5) is 0 Å². The SMILES string of the molecule is COS(=O)NC1CCN(P)C1C(C)C(C)=O. The molecule has 1 aliphatic rings. The van der Waals surface area contributed by atoms with E-state index in [0.29, 0.717) is 0 Å². The highest BCUT2D eigenvalue weighted by Gasteiger charge is 2.38. The molecule has 0 radical (unpaired) electrons. The topological polar surface area (TPSA) is 58.6 Å². The zero-order valence-corrected chi connectivity index (χ0v) is 11.8. The number of hydrogen-bond acceptors (Lipinski definition) is 4. The minimum absolute atomic E-state index is 0.0252. The Balaban J connectivity index is 2.69. The molecule has 94 valence electrons. The molecule has 0 aromatic carbocycles. The van der Waals surface area contributed by atoms with E-state index in [1.165, 1.54) is 7.11 Å². The molecule has 0 bridgehead atoms. The van der Waals surface area contributed by atoms with Gasteiger partial charge in [0.1, 0.15) is 5.78 Å². The summed E-state index contributed by atoms with van der Waals surface area (Å²) in [4.78, 5) is 11.4. The highest BCUT2D eigenvalue weighted by molar-refractivity contribution is 7.78. The average Bonchev–Trinajstić information content (AvgIpc) is 2.58. The maximum absolute atomic E-state index is 11.4. The van der Waals surface area contributed by atoms with Crippen LogP contribution in [0.5, 0.6) is 0 Å². The number of ketones is 1. The van der Waals surface area contributed by atoms with E-state index in [1.807, 2.05) is 6.92 Å². The van der Waals surface area contributed by atoms with Gasteiger partial charge in [-0.25, -0.2) is 8.93 Å². The number of nitrogens with zero attached hydrogens (tertiary/aromatic N) is 1. The largest absolute Gasteiger partial charge is 0.300 e. The second kappa shape index (κ2) is 6.17. The summed E-state index contributed by atoms with van der Waals surface area (Å²) in [6, 6.07) is 0.0822. The molecule has 1 rings (SSSR count). The van der Waals surface area contributed by atoms with E-state index >= 15 is 0 Å². The van der Waals surface area contributed by atoms with E-state index in [2.05, 4.69) is 23.0 Å². The van der Waals surface area contributed by atoms with Crippen LogP contribution in [-0.2, 0) is 20.2 Å². The Morgan fingerprint density at radius 1 is 1.69 bits per heavy atom. The van der Waals surface area contributed by atoms with Crippen LogP contribution in [0.1, 0.15) is 20.3 Å². The fourth-order valence-corrected chi connectivity index (χ4v) is 3.23. The number of hydrogen-bond donors (Lipinski definition) is 1. The summed E-state index contributed by atoms with van der Waals surface area (Å²) in [5.74, 6) is 0.0701. The Hall–Kier alpha value is 0.130. The Kier molecular flexibility index (Phi) is 5.47. The molecule has 0 aliphatic carbocycles. The molecule has 0 saturated carbocycles. The zero-order chi connectivity index (χ0) is 12.3. The third kappa shape index (κ3) is 3.31. The molecule has 1 aliphatic heterocycles. The van der Waals surface area contributed by atoms with Gasteiger partial charge in [0.25, 0.3) is 0 Å². The summed E-state index contributed by atoms with van der Waals surface area (Å²) >= 11 is -1.48. The first-order valence-corrected chi connectivity index (χ1v) is 6.80. The van der Waals surface area contributed by atoms with Crippen molar-refractivity contribution >= 4 is 26.4 Å². The van der Waals surface area contributed by atoms with Crippen molar-refractivity contribution in [1.29, 1.82) is 0 Å². The molecule has 0 amide bonds. The maximum Gasteiger partial charge on any atom is 0.234 e. The standard InChI is InChI=1S/C9H19N2O3PS/c1-6(7(2)12)9-8(4-5-11(9)15)10-16(13)14-3/h6,8-10H,4-5,15H2,1-3H3. The van der Waals surface area contributed by atoms with Crippen molar-refractivity contribution in [3.05, 3.63) is 0 Å². The summed E-state index contributed by atoms with van der Waals surface area (Å²) < 4.78 is 20.9. The maximum atomic E-state index is 11.4. The number of Topliss-reactive ketones (excluding diaryl/α,β-unsaturated/α-hetero) is 1. The molecule has 5 nitrogen and oxygen atoms in total. The highest BCUT2D eigenvalue weighted by Crippen LogP contribution is 2.28. The molecule has 0 aromatic heterocycles. The lowest BCUT2D eigenvalue weighted by atomic mass is 9.94. The number of carbonyl (C=O) groups excluding carboxylic acids is 1. The molecule has 16 heavy (non-hydrogen) atoms. The van der Waals surface area contributed by atoms with Crippen molar-refractivity contribution in [3.8, 4) is 0 Å². The lowest BCUT2D eigenvalue weighted by Crippen LogP contribution is -2.46. The molecule has 1 heterocycles. The minimum atomic E-state index is -1.48. The molecule has 7 heteroatoms. The molecule has 1 saturated heterocycles. The van der Waals surface area contributed by atoms with E-state index in [-0.39, 0.29) is 23.8 Å². The quantitative estimate of drug-likeness (QED) is 0.725. The fourth-order valence-electron chi connectivity index (χ4n) is 2.02. The van der Waals surface area contributed by atoms with Crippen LogP contribution < -0.4 is 4.72 Å². The predicted molar refractivity (Wildman–Crippen MR) is 66.7 cm³/mol. The first-order chi connectivity index (χ1) is 7.47. The van der Waals surface area contributed by atoms with Crippen molar-refractivity contribution in [2.24, 2.45) is 5.92 Å². The summed E-state index contributed by atoms with van der Waals surface area (Å²) in [6.07, 6.45) is 0.862. The van der Waals surface area contributed by atoms with Gasteiger partial charge in [-0.3, -0.25) is 13.6 Å². The van der Waals surface area contributed by atoms with Crippen LogP contribution in [0, 0.1) is 5.92 Å². The molecule has 0 spiro atoms. The van der Waals surface area contributed by atoms with E-state index in [4.69, 9.17) is 0 Å². The number of carbonyl (C=O) groups is 1. The van der Waals surface area contributed by atoms with Gasteiger partial charge in [-0.15, -0.1) is 0 Å². The zero-order valence-electron chi connectivity index (χ0n) is 9.80. The molecular formula is C9H19N2O3PS. The van der Waals surface area contributed by atoms with Gasteiger partial charge in [0.2, 0.25) is 11.3 Å². The van der Waals surface area contributed by atoms with Crippen LogP contribution in [-0.4, -0.2) is 40.4 Å². The highest BCUT2D eigenvalue weighted by atomic mass is 32.2. The van der Waals surface area contributed by atoms with Gasteiger partial charge >= 0.3 is 0 Å². The van der Waals surface area contributed by atoms with Crippen molar-refractivity contribution in [2.45, 2.75) is 32.4 Å². The summed E-state index contributed by atoms with van der Waals surface area (Å²) in [6.45, 7) is 4.36. The van der Waals surface area contributed by atoms with Crippen molar-refractivity contribution < 1.29 is 13.2 Å². The van der Waals surface area contributed by atoms with Gasteiger partial charge in [-0.1, -0.05) is 16.3 Å². The Morgan fingerprint density at radius 3 is 2.81 bits per heavy atom. The van der Waals surface area contributed by atoms with Crippen LogP contribution >= 0.6 is 9.39 Å². The average molecular weight is 266 g/mol. The van der Waals surface area contributed by atoms with Gasteiger partial charge in [-0.05, 0) is 13.3 Å². The Bertz CT molecular complexity index is 290. The first-order valence-electron chi connectivity index (χ1n) is 5.21. The van der Waals surface area contributed by atoms with Gasteiger partial charge in [-0.2, -0.15) is 0 Å². The third-order valence-electron chi connectivity index (χ3n) is 3.05. The second-order valence-corrected chi connectivity index (χ2v) is 5.74. The van der Waals surface area contributed by atoms with E-state index in [0.717, 1.165) is 13.0 Å². The van der Waals surface area contributed by atoms with Gasteiger partial charge in [0.05, 0.1) is 7.11 Å². The summed E-state index contributed by atoms with van der Waals surface area (Å²) in [5.41, 5.74) is 0. The van der Waals surface area contributed by atoms with Crippen LogP contribution in [0.2, 0.25) is 0 Å². The molecule has 5 atom stereocenters. The first kappa shape index (κ1) is 14.2. The van der Waals surface area contributed by atoms with Crippen molar-refractivity contribution in [1.82, 2.24) is 9.39 Å². The smallest absolute Gasteiger partial charge is 0.234 e. The van der Waals surface area contributed by atoms with Crippen LogP contribution in [0.3, 0.4) is 0 Å². The monoisotopic (exact) mass is 266 g/mol. The Labute approximate surface area is 101 Å². The fraction of sp³-hybridized carbons (Fsp3) is 0.889.